The third kappa shape index (κ3) is 6.93. The first-order valence-electron chi connectivity index (χ1n) is 21.0. The van der Waals surface area contributed by atoms with Gasteiger partial charge in [0.25, 0.3) is 0 Å². The van der Waals surface area contributed by atoms with Gasteiger partial charge in [-0.1, -0.05) is 200 Å². The van der Waals surface area contributed by atoms with Crippen LogP contribution in [-0.2, 0) is 0 Å². The SMILES string of the molecule is c1ccc(-c2cccc(N(c3ccc(-c4ccc5ccccc5c4)cc3)c3cc(-c4ccccc4)c(-c4ccc5ccc6ccccc6c5c4)cc3-c3ccccc3)c2)cc1. The summed E-state index contributed by atoms with van der Waals surface area (Å²) in [5, 5.41) is 7.49. The maximum Gasteiger partial charge on any atom is 0.0546 e. The zero-order chi connectivity index (χ0) is 40.5. The summed E-state index contributed by atoms with van der Waals surface area (Å²) >= 11 is 0. The molecule has 286 valence electrons. The molecule has 0 aliphatic heterocycles. The molecule has 11 aromatic rings. The van der Waals surface area contributed by atoms with E-state index in [4.69, 9.17) is 0 Å². The topological polar surface area (TPSA) is 3.24 Å². The standard InChI is InChI=1S/C60H41N/c1-4-15-42(16-5-1)50-24-14-25-54(38-50)61(53-35-33-44(34-36-53)51-31-27-43-17-10-11-23-49(43)37-51)60-41-58(45-18-6-2-7-19-45)57(40-59(60)46-20-8-3-9-21-46)52-32-30-48-29-28-47-22-12-13-26-55(47)56(48)39-52/h1-41H. The summed E-state index contributed by atoms with van der Waals surface area (Å²) in [7, 11) is 0. The number of rotatable bonds is 8. The van der Waals surface area contributed by atoms with Gasteiger partial charge in [0.1, 0.15) is 0 Å². The van der Waals surface area contributed by atoms with E-state index < -0.39 is 0 Å². The van der Waals surface area contributed by atoms with Gasteiger partial charge in [0.15, 0.2) is 0 Å². The smallest absolute Gasteiger partial charge is 0.0546 e. The van der Waals surface area contributed by atoms with Crippen LogP contribution in [-0.4, -0.2) is 0 Å². The van der Waals surface area contributed by atoms with Crippen LogP contribution in [0, 0.1) is 0 Å². The minimum Gasteiger partial charge on any atom is -0.310 e. The fourth-order valence-corrected chi connectivity index (χ4v) is 8.94. The van der Waals surface area contributed by atoms with Crippen LogP contribution in [0.3, 0.4) is 0 Å². The lowest BCUT2D eigenvalue weighted by Crippen LogP contribution is -2.12. The highest BCUT2D eigenvalue weighted by atomic mass is 15.1. The van der Waals surface area contributed by atoms with E-state index in [1.165, 1.54) is 76.8 Å². The Morgan fingerprint density at radius 3 is 1.44 bits per heavy atom. The van der Waals surface area contributed by atoms with Crippen molar-refractivity contribution in [2.75, 3.05) is 4.90 Å². The number of anilines is 3. The van der Waals surface area contributed by atoms with Gasteiger partial charge >= 0.3 is 0 Å². The number of hydrogen-bond acceptors (Lipinski definition) is 1. The molecule has 0 atom stereocenters. The Bertz CT molecular complexity index is 3330. The van der Waals surface area contributed by atoms with Crippen LogP contribution in [0.2, 0.25) is 0 Å². The van der Waals surface area contributed by atoms with Gasteiger partial charge < -0.3 is 4.90 Å². The summed E-state index contributed by atoms with van der Waals surface area (Å²) < 4.78 is 0. The Morgan fingerprint density at radius 2 is 0.705 bits per heavy atom. The van der Waals surface area contributed by atoms with Crippen LogP contribution in [0.25, 0.3) is 88.0 Å². The van der Waals surface area contributed by atoms with Gasteiger partial charge in [-0.2, -0.15) is 0 Å². The van der Waals surface area contributed by atoms with Crippen LogP contribution in [0.1, 0.15) is 0 Å². The lowest BCUT2D eigenvalue weighted by Gasteiger charge is -2.30. The van der Waals surface area contributed by atoms with Crippen molar-refractivity contribution >= 4 is 49.4 Å². The highest BCUT2D eigenvalue weighted by molar-refractivity contribution is 6.09. The van der Waals surface area contributed by atoms with E-state index in [-0.39, 0.29) is 0 Å². The third-order valence-electron chi connectivity index (χ3n) is 12.0. The monoisotopic (exact) mass is 775 g/mol. The molecule has 1 nitrogen and oxygen atoms in total. The summed E-state index contributed by atoms with van der Waals surface area (Å²) in [4.78, 5) is 2.45. The van der Waals surface area contributed by atoms with Gasteiger partial charge in [-0.05, 0) is 131 Å². The fraction of sp³-hybridized carbons (Fsp3) is 0. The van der Waals surface area contributed by atoms with E-state index >= 15 is 0 Å². The number of hydrogen-bond donors (Lipinski definition) is 0. The summed E-state index contributed by atoms with van der Waals surface area (Å²) in [6.07, 6.45) is 0. The molecule has 0 saturated carbocycles. The van der Waals surface area contributed by atoms with Gasteiger partial charge in [0.2, 0.25) is 0 Å². The molecule has 0 fully saturated rings. The summed E-state index contributed by atoms with van der Waals surface area (Å²) in [5.41, 5.74) is 15.0. The average molecular weight is 776 g/mol. The van der Waals surface area contributed by atoms with E-state index in [2.05, 4.69) is 254 Å². The van der Waals surface area contributed by atoms with Crippen molar-refractivity contribution in [1.82, 2.24) is 0 Å². The molecule has 0 bridgehead atoms. The van der Waals surface area contributed by atoms with Gasteiger partial charge in [0.05, 0.1) is 5.69 Å². The molecule has 11 rings (SSSR count). The Kier molecular flexibility index (Phi) is 9.26. The fourth-order valence-electron chi connectivity index (χ4n) is 8.94. The van der Waals surface area contributed by atoms with Crippen LogP contribution in [0.5, 0.6) is 0 Å². The Balaban J connectivity index is 1.16. The van der Waals surface area contributed by atoms with Crippen molar-refractivity contribution < 1.29 is 0 Å². The van der Waals surface area contributed by atoms with Crippen LogP contribution in [0.15, 0.2) is 249 Å². The molecule has 0 N–H and O–H groups in total. The van der Waals surface area contributed by atoms with Crippen LogP contribution >= 0.6 is 0 Å². The van der Waals surface area contributed by atoms with Crippen molar-refractivity contribution in [3.05, 3.63) is 249 Å². The number of fused-ring (bicyclic) bond motifs is 4. The van der Waals surface area contributed by atoms with Crippen molar-refractivity contribution in [3.63, 3.8) is 0 Å². The largest absolute Gasteiger partial charge is 0.310 e. The van der Waals surface area contributed by atoms with Crippen LogP contribution < -0.4 is 4.90 Å². The van der Waals surface area contributed by atoms with Gasteiger partial charge in [-0.25, -0.2) is 0 Å². The Labute approximate surface area is 357 Å². The van der Waals surface area contributed by atoms with Crippen molar-refractivity contribution in [1.29, 1.82) is 0 Å². The maximum absolute atomic E-state index is 2.45. The van der Waals surface area contributed by atoms with E-state index in [9.17, 15) is 0 Å². The van der Waals surface area contributed by atoms with Crippen molar-refractivity contribution in [2.45, 2.75) is 0 Å². The zero-order valence-electron chi connectivity index (χ0n) is 33.6. The zero-order valence-corrected chi connectivity index (χ0v) is 33.6. The van der Waals surface area contributed by atoms with E-state index in [0.29, 0.717) is 0 Å². The molecule has 0 radical (unpaired) electrons. The Morgan fingerprint density at radius 1 is 0.213 bits per heavy atom. The normalized spacial score (nSPS) is 11.3. The second-order valence-electron chi connectivity index (χ2n) is 15.7. The first-order chi connectivity index (χ1) is 30.2. The predicted octanol–water partition coefficient (Wildman–Crippen LogP) is 17.0. The molecule has 0 unspecified atom stereocenters. The average Bonchev–Trinajstić information content (AvgIpc) is 3.34. The molecular weight excluding hydrogens is 735 g/mol. The van der Waals surface area contributed by atoms with Gasteiger partial charge in [0, 0.05) is 16.9 Å². The molecule has 0 spiro atoms. The second kappa shape index (κ2) is 15.6. The lowest BCUT2D eigenvalue weighted by molar-refractivity contribution is 1.28. The molecule has 0 amide bonds. The van der Waals surface area contributed by atoms with E-state index in [0.717, 1.165) is 28.2 Å². The number of benzene rings is 11. The van der Waals surface area contributed by atoms with E-state index in [1.54, 1.807) is 0 Å². The molecule has 0 aromatic heterocycles. The minimum absolute atomic E-state index is 1.08. The third-order valence-corrected chi connectivity index (χ3v) is 12.0. The molecule has 1 heteroatoms. The lowest BCUT2D eigenvalue weighted by atomic mass is 9.88. The predicted molar refractivity (Wildman–Crippen MR) is 261 cm³/mol. The molecule has 0 aliphatic carbocycles. The molecule has 61 heavy (non-hydrogen) atoms. The number of nitrogens with zero attached hydrogens (tertiary/aromatic N) is 1. The molecule has 0 aliphatic rings. The van der Waals surface area contributed by atoms with Crippen LogP contribution in [0.4, 0.5) is 17.1 Å². The second-order valence-corrected chi connectivity index (χ2v) is 15.7. The summed E-state index contributed by atoms with van der Waals surface area (Å²) in [5.74, 6) is 0. The molecule has 11 aromatic carbocycles. The highest BCUT2D eigenvalue weighted by Crippen LogP contribution is 2.48. The van der Waals surface area contributed by atoms with Crippen molar-refractivity contribution in [2.24, 2.45) is 0 Å². The first-order valence-corrected chi connectivity index (χ1v) is 21.0. The van der Waals surface area contributed by atoms with Crippen molar-refractivity contribution in [3.8, 4) is 55.6 Å². The Hall–Kier alpha value is -8.00. The maximum atomic E-state index is 2.45. The highest BCUT2D eigenvalue weighted by Gasteiger charge is 2.22. The molecule has 0 heterocycles. The minimum atomic E-state index is 1.08. The summed E-state index contributed by atoms with van der Waals surface area (Å²) in [6.45, 7) is 0. The molecular formula is C60H41N. The van der Waals surface area contributed by atoms with Gasteiger partial charge in [-0.3, -0.25) is 0 Å². The summed E-state index contributed by atoms with van der Waals surface area (Å²) in [6, 6.07) is 90.7. The van der Waals surface area contributed by atoms with Gasteiger partial charge in [-0.15, -0.1) is 0 Å². The first kappa shape index (κ1) is 36.1. The molecule has 0 saturated heterocycles. The van der Waals surface area contributed by atoms with E-state index in [1.807, 2.05) is 0 Å². The quantitative estimate of drug-likeness (QED) is 0.139.